The number of nitrogens with zero attached hydrogens (tertiary/aromatic N) is 3. The fourth-order valence-electron chi connectivity index (χ4n) is 1.97. The zero-order valence-corrected chi connectivity index (χ0v) is 10.9. The van der Waals surface area contributed by atoms with E-state index in [-0.39, 0.29) is 12.1 Å². The molecule has 2 rings (SSSR count). The van der Waals surface area contributed by atoms with Crippen LogP contribution in [0.4, 0.5) is 4.79 Å². The Morgan fingerprint density at radius 1 is 1.72 bits per heavy atom. The Labute approximate surface area is 107 Å². The van der Waals surface area contributed by atoms with Gasteiger partial charge in [0.2, 0.25) is 0 Å². The Balaban J connectivity index is 1.76. The van der Waals surface area contributed by atoms with Gasteiger partial charge in [-0.3, -0.25) is 0 Å². The van der Waals surface area contributed by atoms with Crippen LogP contribution in [0.5, 0.6) is 0 Å². The number of hydrogen-bond acceptors (Lipinski definition) is 3. The fourth-order valence-corrected chi connectivity index (χ4v) is 1.97. The Bertz CT molecular complexity index is 399. The molecule has 1 atom stereocenters. The van der Waals surface area contributed by atoms with Crippen LogP contribution in [-0.2, 0) is 18.3 Å². The molecule has 0 aromatic carbocycles. The Kier molecular flexibility index (Phi) is 4.19. The largest absolute Gasteiger partial charge is 0.376 e. The third-order valence-corrected chi connectivity index (χ3v) is 3.15. The summed E-state index contributed by atoms with van der Waals surface area (Å²) in [5.41, 5.74) is 0. The number of carbonyl (C=O) groups excluding carboxylic acids is 1. The molecular weight excluding hydrogens is 232 g/mol. The summed E-state index contributed by atoms with van der Waals surface area (Å²) in [6, 6.07) is -0.0894. The molecule has 1 aliphatic heterocycles. The van der Waals surface area contributed by atoms with Crippen molar-refractivity contribution in [3.05, 3.63) is 18.2 Å². The van der Waals surface area contributed by atoms with Crippen LogP contribution in [0.15, 0.2) is 12.4 Å². The topological polar surface area (TPSA) is 59.4 Å². The lowest BCUT2D eigenvalue weighted by atomic mass is 10.2. The van der Waals surface area contributed by atoms with E-state index >= 15 is 0 Å². The minimum absolute atomic E-state index is 0.0894. The van der Waals surface area contributed by atoms with Crippen molar-refractivity contribution in [2.75, 3.05) is 20.2 Å². The number of aromatic nitrogens is 2. The first kappa shape index (κ1) is 12.9. The predicted octanol–water partition coefficient (Wildman–Crippen LogP) is 0.740. The van der Waals surface area contributed by atoms with Crippen LogP contribution in [0.25, 0.3) is 0 Å². The monoisotopic (exact) mass is 252 g/mol. The van der Waals surface area contributed by atoms with Gasteiger partial charge in [0.15, 0.2) is 0 Å². The average molecular weight is 252 g/mol. The molecule has 1 saturated heterocycles. The van der Waals surface area contributed by atoms with Gasteiger partial charge in [-0.15, -0.1) is 0 Å². The van der Waals surface area contributed by atoms with Crippen molar-refractivity contribution in [2.24, 2.45) is 7.05 Å². The van der Waals surface area contributed by atoms with Crippen LogP contribution in [0, 0.1) is 0 Å². The second-order valence-corrected chi connectivity index (χ2v) is 4.63. The van der Waals surface area contributed by atoms with E-state index in [2.05, 4.69) is 10.3 Å². The third-order valence-electron chi connectivity index (χ3n) is 3.15. The van der Waals surface area contributed by atoms with Crippen LogP contribution in [0.3, 0.4) is 0 Å². The molecule has 1 aliphatic rings. The van der Waals surface area contributed by atoms with Gasteiger partial charge in [-0.2, -0.15) is 0 Å². The molecule has 0 bridgehead atoms. The molecule has 0 radical (unpaired) electrons. The summed E-state index contributed by atoms with van der Waals surface area (Å²) in [7, 11) is 3.68. The number of aryl methyl sites for hydroxylation is 1. The summed E-state index contributed by atoms with van der Waals surface area (Å²) < 4.78 is 7.36. The molecule has 6 nitrogen and oxygen atoms in total. The van der Waals surface area contributed by atoms with E-state index in [4.69, 9.17) is 4.74 Å². The summed E-state index contributed by atoms with van der Waals surface area (Å²) >= 11 is 0. The highest BCUT2D eigenvalue weighted by molar-refractivity contribution is 5.73. The van der Waals surface area contributed by atoms with E-state index in [1.54, 1.807) is 18.1 Å². The van der Waals surface area contributed by atoms with Gasteiger partial charge in [-0.1, -0.05) is 0 Å². The first-order valence-corrected chi connectivity index (χ1v) is 6.23. The maximum Gasteiger partial charge on any atom is 0.317 e. The first-order chi connectivity index (χ1) is 8.66. The van der Waals surface area contributed by atoms with Crippen LogP contribution in [0.1, 0.15) is 18.7 Å². The number of carbonyl (C=O) groups is 1. The van der Waals surface area contributed by atoms with Gasteiger partial charge >= 0.3 is 6.03 Å². The number of amides is 2. The van der Waals surface area contributed by atoms with Gasteiger partial charge in [0.1, 0.15) is 5.82 Å². The van der Waals surface area contributed by atoms with Crippen molar-refractivity contribution in [1.29, 1.82) is 0 Å². The third kappa shape index (κ3) is 3.22. The number of imidazole rings is 1. The molecule has 1 N–H and O–H groups in total. The normalized spacial score (nSPS) is 18.9. The van der Waals surface area contributed by atoms with Crippen LogP contribution in [0.2, 0.25) is 0 Å². The van der Waals surface area contributed by atoms with Gasteiger partial charge in [0, 0.05) is 39.6 Å². The highest BCUT2D eigenvalue weighted by atomic mass is 16.5. The summed E-state index contributed by atoms with van der Waals surface area (Å²) in [6.45, 7) is 1.90. The number of urea groups is 1. The molecule has 0 aliphatic carbocycles. The van der Waals surface area contributed by atoms with Gasteiger partial charge in [-0.25, -0.2) is 9.78 Å². The number of ether oxygens (including phenoxy) is 1. The lowest BCUT2D eigenvalue weighted by molar-refractivity contribution is 0.109. The molecule has 1 fully saturated rings. The van der Waals surface area contributed by atoms with Gasteiger partial charge < -0.3 is 19.5 Å². The number of nitrogens with one attached hydrogen (secondary N) is 1. The van der Waals surface area contributed by atoms with Gasteiger partial charge in [-0.05, 0) is 12.8 Å². The zero-order valence-electron chi connectivity index (χ0n) is 10.9. The molecule has 2 heterocycles. The van der Waals surface area contributed by atoms with Crippen LogP contribution in [-0.4, -0.2) is 46.8 Å². The van der Waals surface area contributed by atoms with E-state index in [1.165, 1.54) is 0 Å². The summed E-state index contributed by atoms with van der Waals surface area (Å²) in [6.07, 6.45) is 5.89. The quantitative estimate of drug-likeness (QED) is 0.860. The molecule has 100 valence electrons. The van der Waals surface area contributed by atoms with Gasteiger partial charge in [0.05, 0.1) is 12.6 Å². The van der Waals surface area contributed by atoms with Crippen LogP contribution < -0.4 is 5.32 Å². The van der Waals surface area contributed by atoms with E-state index in [0.29, 0.717) is 13.1 Å². The molecule has 0 spiro atoms. The Hall–Kier alpha value is -1.56. The SMILES string of the molecule is CN(Cc1nccn1C)C(=O)NCC1CCCO1. The highest BCUT2D eigenvalue weighted by Crippen LogP contribution is 2.10. The summed E-state index contributed by atoms with van der Waals surface area (Å²) in [4.78, 5) is 17.7. The summed E-state index contributed by atoms with van der Waals surface area (Å²) in [5.74, 6) is 0.866. The first-order valence-electron chi connectivity index (χ1n) is 6.23. The maximum absolute atomic E-state index is 11.9. The van der Waals surface area contributed by atoms with E-state index in [9.17, 15) is 4.79 Å². The molecule has 1 aromatic rings. The lowest BCUT2D eigenvalue weighted by Crippen LogP contribution is -2.40. The van der Waals surface area contributed by atoms with Crippen LogP contribution >= 0.6 is 0 Å². The minimum atomic E-state index is -0.0894. The Morgan fingerprint density at radius 2 is 2.56 bits per heavy atom. The molecule has 6 heteroatoms. The van der Waals surface area contributed by atoms with Crippen molar-refractivity contribution in [2.45, 2.75) is 25.5 Å². The molecule has 2 amide bonds. The standard InChI is InChI=1S/C12H20N4O2/c1-15-6-5-13-11(15)9-16(2)12(17)14-8-10-4-3-7-18-10/h5-6,10H,3-4,7-9H2,1-2H3,(H,14,17). The smallest absolute Gasteiger partial charge is 0.317 e. The van der Waals surface area contributed by atoms with E-state index < -0.39 is 0 Å². The van der Waals surface area contributed by atoms with Gasteiger partial charge in [0.25, 0.3) is 0 Å². The lowest BCUT2D eigenvalue weighted by Gasteiger charge is -2.19. The van der Waals surface area contributed by atoms with E-state index in [0.717, 1.165) is 25.3 Å². The molecule has 18 heavy (non-hydrogen) atoms. The predicted molar refractivity (Wildman–Crippen MR) is 67.0 cm³/mol. The summed E-state index contributed by atoms with van der Waals surface area (Å²) in [5, 5.41) is 2.88. The average Bonchev–Trinajstić information content (AvgIpc) is 2.99. The molecule has 1 aromatic heterocycles. The van der Waals surface area contributed by atoms with Crippen molar-refractivity contribution in [3.8, 4) is 0 Å². The second kappa shape index (κ2) is 5.86. The molecule has 0 saturated carbocycles. The second-order valence-electron chi connectivity index (χ2n) is 4.63. The van der Waals surface area contributed by atoms with Crippen molar-refractivity contribution in [1.82, 2.24) is 19.8 Å². The number of rotatable bonds is 4. The van der Waals surface area contributed by atoms with Crippen molar-refractivity contribution >= 4 is 6.03 Å². The fraction of sp³-hybridized carbons (Fsp3) is 0.667. The highest BCUT2D eigenvalue weighted by Gasteiger charge is 2.17. The molecular formula is C12H20N4O2. The van der Waals surface area contributed by atoms with Crippen molar-refractivity contribution in [3.63, 3.8) is 0 Å². The zero-order chi connectivity index (χ0) is 13.0. The minimum Gasteiger partial charge on any atom is -0.376 e. The van der Waals surface area contributed by atoms with E-state index in [1.807, 2.05) is 17.8 Å². The molecule has 1 unspecified atom stereocenters. The number of hydrogen-bond donors (Lipinski definition) is 1. The maximum atomic E-state index is 11.9. The van der Waals surface area contributed by atoms with Crippen molar-refractivity contribution < 1.29 is 9.53 Å². The Morgan fingerprint density at radius 3 is 3.17 bits per heavy atom.